The summed E-state index contributed by atoms with van der Waals surface area (Å²) in [6.07, 6.45) is 0.900. The number of rotatable bonds is 7. The summed E-state index contributed by atoms with van der Waals surface area (Å²) in [7, 11) is 0. The third-order valence-corrected chi connectivity index (χ3v) is 5.90. The van der Waals surface area contributed by atoms with Crippen LogP contribution in [0, 0.1) is 5.82 Å². The zero-order chi connectivity index (χ0) is 21.6. The molecule has 6 heteroatoms. The smallest absolute Gasteiger partial charge is 0.230 e. The summed E-state index contributed by atoms with van der Waals surface area (Å²) in [5.74, 6) is 0.402. The van der Waals surface area contributed by atoms with Crippen LogP contribution in [-0.2, 0) is 17.8 Å². The minimum absolute atomic E-state index is 0.0596. The molecule has 156 valence electrons. The van der Waals surface area contributed by atoms with E-state index in [2.05, 4.69) is 23.3 Å². The zero-order valence-corrected chi connectivity index (χ0v) is 18.0. The van der Waals surface area contributed by atoms with Gasteiger partial charge in [-0.3, -0.25) is 4.79 Å². The number of halogens is 1. The summed E-state index contributed by atoms with van der Waals surface area (Å²) in [6.45, 7) is 2.59. The van der Waals surface area contributed by atoms with Crippen LogP contribution < -0.4 is 5.32 Å². The van der Waals surface area contributed by atoms with Gasteiger partial charge in [-0.2, -0.15) is 0 Å². The molecule has 1 aromatic heterocycles. The highest BCUT2D eigenvalue weighted by atomic mass is 32.2. The first-order valence-electron chi connectivity index (χ1n) is 10.1. The predicted octanol–water partition coefficient (Wildman–Crippen LogP) is 5.41. The molecule has 0 saturated carbocycles. The van der Waals surface area contributed by atoms with Crippen LogP contribution in [0.25, 0.3) is 22.3 Å². The average Bonchev–Trinajstić information content (AvgIpc) is 2.81. The van der Waals surface area contributed by atoms with Crippen molar-refractivity contribution in [2.75, 3.05) is 5.75 Å². The maximum absolute atomic E-state index is 13.3. The highest BCUT2D eigenvalue weighted by Crippen LogP contribution is 2.29. The molecule has 0 aliphatic carbocycles. The molecule has 0 saturated heterocycles. The molecule has 0 fully saturated rings. The topological polar surface area (TPSA) is 54.9 Å². The molecular weight excluding hydrogens is 409 g/mol. The largest absolute Gasteiger partial charge is 0.351 e. The number of carbonyl (C=O) groups excluding carboxylic acids is 1. The van der Waals surface area contributed by atoms with Gasteiger partial charge in [0.25, 0.3) is 0 Å². The van der Waals surface area contributed by atoms with Crippen molar-refractivity contribution in [3.05, 3.63) is 89.7 Å². The molecule has 0 atom stereocenters. The Morgan fingerprint density at radius 3 is 2.48 bits per heavy atom. The Morgan fingerprint density at radius 1 is 0.968 bits per heavy atom. The van der Waals surface area contributed by atoms with Crippen molar-refractivity contribution in [3.8, 4) is 11.4 Å². The average molecular weight is 432 g/mol. The van der Waals surface area contributed by atoms with Crippen molar-refractivity contribution in [1.29, 1.82) is 0 Å². The molecule has 0 unspecified atom stereocenters. The van der Waals surface area contributed by atoms with Crippen molar-refractivity contribution in [2.45, 2.75) is 24.9 Å². The first-order chi connectivity index (χ1) is 15.1. The Morgan fingerprint density at radius 2 is 1.74 bits per heavy atom. The van der Waals surface area contributed by atoms with Gasteiger partial charge < -0.3 is 5.32 Å². The standard InChI is InChI=1S/C25H22FN3OS/c1-2-17-8-13-22-21(14-17)25(29-24(28-22)19-9-11-20(26)12-10-19)31-16-23(30)27-15-18-6-4-3-5-7-18/h3-14H,2,15-16H2,1H3,(H,27,30). The molecule has 1 heterocycles. The van der Waals surface area contributed by atoms with Crippen molar-refractivity contribution in [3.63, 3.8) is 0 Å². The summed E-state index contributed by atoms with van der Waals surface area (Å²) < 4.78 is 13.3. The number of amides is 1. The number of carbonyl (C=O) groups is 1. The second kappa shape index (κ2) is 9.71. The third kappa shape index (κ3) is 5.27. The zero-order valence-electron chi connectivity index (χ0n) is 17.1. The summed E-state index contributed by atoms with van der Waals surface area (Å²) in [6, 6.07) is 22.0. The fourth-order valence-corrected chi connectivity index (χ4v) is 4.03. The number of aromatic nitrogens is 2. The summed E-state index contributed by atoms with van der Waals surface area (Å²) in [5.41, 5.74) is 3.78. The molecule has 4 aromatic rings. The minimum Gasteiger partial charge on any atom is -0.351 e. The van der Waals surface area contributed by atoms with E-state index >= 15 is 0 Å². The van der Waals surface area contributed by atoms with Gasteiger partial charge in [0.05, 0.1) is 11.3 Å². The molecule has 1 amide bonds. The van der Waals surface area contributed by atoms with Crippen LogP contribution in [0.5, 0.6) is 0 Å². The summed E-state index contributed by atoms with van der Waals surface area (Å²) in [4.78, 5) is 21.8. The molecular formula is C25H22FN3OS. The number of fused-ring (bicyclic) bond motifs is 1. The van der Waals surface area contributed by atoms with Gasteiger partial charge in [0.15, 0.2) is 5.82 Å². The lowest BCUT2D eigenvalue weighted by atomic mass is 10.1. The second-order valence-electron chi connectivity index (χ2n) is 7.12. The van der Waals surface area contributed by atoms with Crippen LogP contribution in [0.1, 0.15) is 18.1 Å². The predicted molar refractivity (Wildman–Crippen MR) is 123 cm³/mol. The molecule has 0 spiro atoms. The first-order valence-corrected chi connectivity index (χ1v) is 11.1. The lowest BCUT2D eigenvalue weighted by molar-refractivity contribution is -0.118. The van der Waals surface area contributed by atoms with Gasteiger partial charge in [0, 0.05) is 17.5 Å². The van der Waals surface area contributed by atoms with E-state index in [1.807, 2.05) is 42.5 Å². The summed E-state index contributed by atoms with van der Waals surface area (Å²) in [5, 5.41) is 4.61. The number of nitrogens with zero attached hydrogens (tertiary/aromatic N) is 2. The second-order valence-corrected chi connectivity index (χ2v) is 8.08. The van der Waals surface area contributed by atoms with Crippen molar-refractivity contribution >= 4 is 28.6 Å². The maximum Gasteiger partial charge on any atom is 0.230 e. The van der Waals surface area contributed by atoms with Crippen molar-refractivity contribution in [2.24, 2.45) is 0 Å². The Bertz CT molecular complexity index is 1200. The molecule has 4 rings (SSSR count). The number of benzene rings is 3. The third-order valence-electron chi connectivity index (χ3n) is 4.91. The van der Waals surface area contributed by atoms with Crippen LogP contribution in [0.2, 0.25) is 0 Å². The number of hydrogen-bond acceptors (Lipinski definition) is 4. The van der Waals surface area contributed by atoms with Gasteiger partial charge in [0.1, 0.15) is 10.8 Å². The van der Waals surface area contributed by atoms with E-state index in [1.165, 1.54) is 29.5 Å². The number of hydrogen-bond donors (Lipinski definition) is 1. The van der Waals surface area contributed by atoms with Gasteiger partial charge in [-0.25, -0.2) is 14.4 Å². The van der Waals surface area contributed by atoms with Crippen LogP contribution in [0.3, 0.4) is 0 Å². The number of thioether (sulfide) groups is 1. The fourth-order valence-electron chi connectivity index (χ4n) is 3.19. The Labute approximate surface area is 184 Å². The molecule has 0 bridgehead atoms. The van der Waals surface area contributed by atoms with Gasteiger partial charge in [0.2, 0.25) is 5.91 Å². The Hall–Kier alpha value is -3.25. The van der Waals surface area contributed by atoms with Crippen molar-refractivity contribution < 1.29 is 9.18 Å². The molecule has 0 aliphatic heterocycles. The van der Waals surface area contributed by atoms with Gasteiger partial charge in [-0.05, 0) is 53.9 Å². The normalized spacial score (nSPS) is 10.9. The highest BCUT2D eigenvalue weighted by molar-refractivity contribution is 8.00. The highest BCUT2D eigenvalue weighted by Gasteiger charge is 2.13. The molecule has 0 aliphatic rings. The molecule has 0 radical (unpaired) electrons. The van der Waals surface area contributed by atoms with E-state index < -0.39 is 0 Å². The van der Waals surface area contributed by atoms with E-state index in [1.54, 1.807) is 12.1 Å². The monoisotopic (exact) mass is 431 g/mol. The lowest BCUT2D eigenvalue weighted by Crippen LogP contribution is -2.24. The number of aryl methyl sites for hydroxylation is 1. The Balaban J connectivity index is 1.58. The summed E-state index contributed by atoms with van der Waals surface area (Å²) >= 11 is 1.39. The van der Waals surface area contributed by atoms with Crippen LogP contribution in [0.15, 0.2) is 77.8 Å². The van der Waals surface area contributed by atoms with Crippen LogP contribution >= 0.6 is 11.8 Å². The minimum atomic E-state index is -0.304. The van der Waals surface area contributed by atoms with Crippen LogP contribution in [0.4, 0.5) is 4.39 Å². The van der Waals surface area contributed by atoms with Gasteiger partial charge >= 0.3 is 0 Å². The SMILES string of the molecule is CCc1ccc2nc(-c3ccc(F)cc3)nc(SCC(=O)NCc3ccccc3)c2c1. The molecule has 1 N–H and O–H groups in total. The maximum atomic E-state index is 13.3. The van der Waals surface area contributed by atoms with E-state index in [4.69, 9.17) is 4.98 Å². The van der Waals surface area contributed by atoms with E-state index in [0.29, 0.717) is 12.4 Å². The van der Waals surface area contributed by atoms with E-state index in [9.17, 15) is 9.18 Å². The first kappa shape index (κ1) is 21.0. The molecule has 3 aromatic carbocycles. The van der Waals surface area contributed by atoms with Crippen LogP contribution in [-0.4, -0.2) is 21.6 Å². The van der Waals surface area contributed by atoms with E-state index in [-0.39, 0.29) is 17.5 Å². The lowest BCUT2D eigenvalue weighted by Gasteiger charge is -2.10. The quantitative estimate of drug-likeness (QED) is 0.314. The molecule has 4 nitrogen and oxygen atoms in total. The number of nitrogens with one attached hydrogen (secondary N) is 1. The fraction of sp³-hybridized carbons (Fsp3) is 0.160. The van der Waals surface area contributed by atoms with E-state index in [0.717, 1.165) is 33.5 Å². The molecule has 31 heavy (non-hydrogen) atoms. The van der Waals surface area contributed by atoms with Gasteiger partial charge in [-0.15, -0.1) is 0 Å². The van der Waals surface area contributed by atoms with Crippen molar-refractivity contribution in [1.82, 2.24) is 15.3 Å². The Kier molecular flexibility index (Phi) is 6.57. The van der Waals surface area contributed by atoms with Gasteiger partial charge in [-0.1, -0.05) is 55.1 Å².